The van der Waals surface area contributed by atoms with Crippen molar-refractivity contribution in [2.45, 2.75) is 24.8 Å². The molecule has 0 radical (unpaired) electrons. The molecule has 0 bridgehead atoms. The van der Waals surface area contributed by atoms with Crippen molar-refractivity contribution < 1.29 is 9.47 Å². The topological polar surface area (TPSA) is 57.4 Å². The second-order valence-corrected chi connectivity index (χ2v) is 5.33. The zero-order valence-electron chi connectivity index (χ0n) is 12.4. The standard InChI is InChI=1S/C17H20N2O2/c1-20-12-6-8-15(21-2)14(10-12)16(18)13-7-5-11-4-3-9-19-17(11)13/h3-4,6,8-10,13,16H,5,7,18H2,1-2H3. The van der Waals surface area contributed by atoms with Crippen molar-refractivity contribution in [2.75, 3.05) is 14.2 Å². The van der Waals surface area contributed by atoms with Crippen LogP contribution in [0.4, 0.5) is 0 Å². The quantitative estimate of drug-likeness (QED) is 0.938. The molecule has 1 heterocycles. The van der Waals surface area contributed by atoms with E-state index < -0.39 is 0 Å². The number of nitrogens with two attached hydrogens (primary N) is 1. The van der Waals surface area contributed by atoms with Gasteiger partial charge in [0, 0.05) is 29.4 Å². The first-order valence-electron chi connectivity index (χ1n) is 7.16. The summed E-state index contributed by atoms with van der Waals surface area (Å²) in [6.45, 7) is 0. The van der Waals surface area contributed by atoms with Crippen LogP contribution in [0.3, 0.4) is 0 Å². The summed E-state index contributed by atoms with van der Waals surface area (Å²) >= 11 is 0. The van der Waals surface area contributed by atoms with Gasteiger partial charge < -0.3 is 15.2 Å². The number of hydrogen-bond donors (Lipinski definition) is 1. The Balaban J connectivity index is 1.97. The number of fused-ring (bicyclic) bond motifs is 1. The number of hydrogen-bond acceptors (Lipinski definition) is 4. The van der Waals surface area contributed by atoms with Crippen molar-refractivity contribution in [1.82, 2.24) is 4.98 Å². The molecule has 4 nitrogen and oxygen atoms in total. The summed E-state index contributed by atoms with van der Waals surface area (Å²) in [6.07, 6.45) is 3.90. The Morgan fingerprint density at radius 2 is 2.10 bits per heavy atom. The van der Waals surface area contributed by atoms with Crippen molar-refractivity contribution in [3.63, 3.8) is 0 Å². The SMILES string of the molecule is COc1ccc(OC)c(C(N)C2CCc3cccnc32)c1. The van der Waals surface area contributed by atoms with E-state index in [4.69, 9.17) is 15.2 Å². The van der Waals surface area contributed by atoms with Gasteiger partial charge in [-0.3, -0.25) is 4.98 Å². The largest absolute Gasteiger partial charge is 0.497 e. The lowest BCUT2D eigenvalue weighted by Gasteiger charge is -2.22. The third-order valence-corrected chi connectivity index (χ3v) is 4.23. The van der Waals surface area contributed by atoms with Crippen molar-refractivity contribution in [3.8, 4) is 11.5 Å². The Bertz CT molecular complexity index is 642. The second kappa shape index (κ2) is 5.74. The molecule has 2 unspecified atom stereocenters. The number of rotatable bonds is 4. The van der Waals surface area contributed by atoms with Crippen molar-refractivity contribution in [3.05, 3.63) is 53.3 Å². The predicted molar refractivity (Wildman–Crippen MR) is 81.8 cm³/mol. The van der Waals surface area contributed by atoms with Gasteiger partial charge in [0.15, 0.2) is 0 Å². The van der Waals surface area contributed by atoms with Crippen LogP contribution in [0.5, 0.6) is 11.5 Å². The first-order valence-corrected chi connectivity index (χ1v) is 7.16. The molecule has 2 N–H and O–H groups in total. The van der Waals surface area contributed by atoms with Crippen molar-refractivity contribution in [2.24, 2.45) is 5.73 Å². The van der Waals surface area contributed by atoms with Crippen LogP contribution in [0, 0.1) is 0 Å². The first-order chi connectivity index (χ1) is 10.2. The lowest BCUT2D eigenvalue weighted by Crippen LogP contribution is -2.19. The molecule has 2 aromatic rings. The molecule has 110 valence electrons. The van der Waals surface area contributed by atoms with Crippen LogP contribution in [-0.4, -0.2) is 19.2 Å². The molecule has 1 aromatic carbocycles. The van der Waals surface area contributed by atoms with E-state index in [1.165, 1.54) is 5.56 Å². The number of methoxy groups -OCH3 is 2. The van der Waals surface area contributed by atoms with E-state index in [1.807, 2.05) is 30.5 Å². The molecule has 0 saturated carbocycles. The van der Waals surface area contributed by atoms with E-state index in [9.17, 15) is 0 Å². The van der Waals surface area contributed by atoms with E-state index in [1.54, 1.807) is 14.2 Å². The fourth-order valence-electron chi connectivity index (χ4n) is 3.11. The number of benzene rings is 1. The Labute approximate surface area is 124 Å². The van der Waals surface area contributed by atoms with Gasteiger partial charge in [-0.15, -0.1) is 0 Å². The van der Waals surface area contributed by atoms with Crippen LogP contribution in [0.25, 0.3) is 0 Å². The zero-order chi connectivity index (χ0) is 14.8. The highest BCUT2D eigenvalue weighted by molar-refractivity contribution is 5.44. The van der Waals surface area contributed by atoms with Gasteiger partial charge in [0.05, 0.1) is 14.2 Å². The molecule has 0 fully saturated rings. The molecule has 1 aromatic heterocycles. The molecule has 0 spiro atoms. The maximum atomic E-state index is 6.54. The van der Waals surface area contributed by atoms with Gasteiger partial charge in [-0.05, 0) is 42.7 Å². The van der Waals surface area contributed by atoms with Crippen LogP contribution in [0.2, 0.25) is 0 Å². The summed E-state index contributed by atoms with van der Waals surface area (Å²) < 4.78 is 10.8. The van der Waals surface area contributed by atoms with Gasteiger partial charge >= 0.3 is 0 Å². The van der Waals surface area contributed by atoms with Gasteiger partial charge in [-0.25, -0.2) is 0 Å². The smallest absolute Gasteiger partial charge is 0.123 e. The molecular formula is C17H20N2O2. The van der Waals surface area contributed by atoms with E-state index >= 15 is 0 Å². The number of aryl methyl sites for hydroxylation is 1. The Morgan fingerprint density at radius 1 is 1.24 bits per heavy atom. The van der Waals surface area contributed by atoms with E-state index in [-0.39, 0.29) is 12.0 Å². The normalized spacial score (nSPS) is 18.1. The summed E-state index contributed by atoms with van der Waals surface area (Å²) in [5.74, 6) is 1.82. The van der Waals surface area contributed by atoms with Gasteiger partial charge in [-0.1, -0.05) is 6.07 Å². The summed E-state index contributed by atoms with van der Waals surface area (Å²) in [5.41, 5.74) is 9.94. The molecule has 1 aliphatic carbocycles. The number of pyridine rings is 1. The fraction of sp³-hybridized carbons (Fsp3) is 0.353. The minimum Gasteiger partial charge on any atom is -0.497 e. The van der Waals surface area contributed by atoms with Crippen molar-refractivity contribution in [1.29, 1.82) is 0 Å². The lowest BCUT2D eigenvalue weighted by molar-refractivity contribution is 0.390. The minimum absolute atomic E-state index is 0.147. The average Bonchev–Trinajstić information content (AvgIpc) is 2.97. The summed E-state index contributed by atoms with van der Waals surface area (Å²) in [7, 11) is 3.32. The predicted octanol–water partition coefficient (Wildman–Crippen LogP) is 2.83. The molecule has 0 amide bonds. The highest BCUT2D eigenvalue weighted by atomic mass is 16.5. The summed E-state index contributed by atoms with van der Waals surface area (Å²) in [6, 6.07) is 9.73. The van der Waals surface area contributed by atoms with E-state index in [2.05, 4.69) is 11.1 Å². The Morgan fingerprint density at radius 3 is 2.86 bits per heavy atom. The molecule has 0 aliphatic heterocycles. The maximum absolute atomic E-state index is 6.54. The molecule has 0 saturated heterocycles. The molecular weight excluding hydrogens is 264 g/mol. The lowest BCUT2D eigenvalue weighted by atomic mass is 9.91. The third kappa shape index (κ3) is 2.47. The zero-order valence-corrected chi connectivity index (χ0v) is 12.4. The molecule has 21 heavy (non-hydrogen) atoms. The highest BCUT2D eigenvalue weighted by Crippen LogP contribution is 2.42. The van der Waals surface area contributed by atoms with E-state index in [0.29, 0.717) is 0 Å². The van der Waals surface area contributed by atoms with Crippen LogP contribution < -0.4 is 15.2 Å². The second-order valence-electron chi connectivity index (χ2n) is 5.33. The maximum Gasteiger partial charge on any atom is 0.123 e. The number of ether oxygens (including phenoxy) is 2. The van der Waals surface area contributed by atoms with Gasteiger partial charge in [0.1, 0.15) is 11.5 Å². The van der Waals surface area contributed by atoms with Crippen LogP contribution in [0.15, 0.2) is 36.5 Å². The Hall–Kier alpha value is -2.07. The van der Waals surface area contributed by atoms with Crippen LogP contribution in [0.1, 0.15) is 35.2 Å². The third-order valence-electron chi connectivity index (χ3n) is 4.23. The summed E-state index contributed by atoms with van der Waals surface area (Å²) in [4.78, 5) is 4.53. The fourth-order valence-corrected chi connectivity index (χ4v) is 3.11. The minimum atomic E-state index is -0.147. The number of nitrogens with zero attached hydrogens (tertiary/aromatic N) is 1. The Kier molecular flexibility index (Phi) is 3.80. The molecule has 4 heteroatoms. The monoisotopic (exact) mass is 284 g/mol. The van der Waals surface area contributed by atoms with E-state index in [0.717, 1.165) is 35.6 Å². The first kappa shape index (κ1) is 13.9. The van der Waals surface area contributed by atoms with Gasteiger partial charge in [0.2, 0.25) is 0 Å². The summed E-state index contributed by atoms with van der Waals surface area (Å²) in [5, 5.41) is 0. The average molecular weight is 284 g/mol. The molecule has 3 rings (SSSR count). The molecule has 2 atom stereocenters. The highest BCUT2D eigenvalue weighted by Gasteiger charge is 2.31. The van der Waals surface area contributed by atoms with Crippen molar-refractivity contribution >= 4 is 0 Å². The van der Waals surface area contributed by atoms with Gasteiger partial charge in [-0.2, -0.15) is 0 Å². The molecule has 1 aliphatic rings. The van der Waals surface area contributed by atoms with Crippen LogP contribution >= 0.6 is 0 Å². The number of aromatic nitrogens is 1. The van der Waals surface area contributed by atoms with Crippen LogP contribution in [-0.2, 0) is 6.42 Å². The van der Waals surface area contributed by atoms with Gasteiger partial charge in [0.25, 0.3) is 0 Å².